The van der Waals surface area contributed by atoms with Crippen molar-refractivity contribution in [3.05, 3.63) is 71.6 Å². The first kappa shape index (κ1) is 17.4. The first-order chi connectivity index (χ1) is 14.0. The molecule has 0 saturated heterocycles. The van der Waals surface area contributed by atoms with Crippen molar-refractivity contribution in [2.24, 2.45) is 7.05 Å². The smallest absolute Gasteiger partial charge is 0.240 e. The molecular formula is C21H15ClN6O. The highest BCUT2D eigenvalue weighted by molar-refractivity contribution is 6.30. The van der Waals surface area contributed by atoms with Gasteiger partial charge >= 0.3 is 0 Å². The average Bonchev–Trinajstić information content (AvgIpc) is 2.99. The molecule has 8 heteroatoms. The van der Waals surface area contributed by atoms with Gasteiger partial charge in [0.05, 0.1) is 22.7 Å². The van der Waals surface area contributed by atoms with Gasteiger partial charge in [0.15, 0.2) is 0 Å². The normalized spacial score (nSPS) is 11.4. The average molecular weight is 403 g/mol. The SMILES string of the molecule is Cn1c(=N)n(-c2nccc(O)n2)c2c3cc(-c4ccc(Cl)cc4)ccc3ncc21. The van der Waals surface area contributed by atoms with E-state index in [1.165, 1.54) is 12.3 Å². The van der Waals surface area contributed by atoms with Crippen LogP contribution in [0.5, 0.6) is 5.88 Å². The summed E-state index contributed by atoms with van der Waals surface area (Å²) in [6.45, 7) is 0. The summed E-state index contributed by atoms with van der Waals surface area (Å²) >= 11 is 6.02. The van der Waals surface area contributed by atoms with E-state index >= 15 is 0 Å². The first-order valence-corrected chi connectivity index (χ1v) is 9.24. The number of imidazole rings is 1. The highest BCUT2D eigenvalue weighted by Crippen LogP contribution is 2.29. The lowest BCUT2D eigenvalue weighted by Crippen LogP contribution is -2.22. The molecule has 5 rings (SSSR count). The van der Waals surface area contributed by atoms with Gasteiger partial charge in [-0.05, 0) is 35.4 Å². The van der Waals surface area contributed by atoms with Gasteiger partial charge in [0.25, 0.3) is 0 Å². The fourth-order valence-electron chi connectivity index (χ4n) is 3.48. The first-order valence-electron chi connectivity index (χ1n) is 8.86. The highest BCUT2D eigenvalue weighted by Gasteiger charge is 2.17. The second-order valence-electron chi connectivity index (χ2n) is 6.66. The molecule has 0 saturated carbocycles. The lowest BCUT2D eigenvalue weighted by Gasteiger charge is -2.08. The van der Waals surface area contributed by atoms with Gasteiger partial charge in [-0.2, -0.15) is 4.98 Å². The maximum absolute atomic E-state index is 9.82. The maximum Gasteiger partial charge on any atom is 0.240 e. The number of rotatable bonds is 2. The molecule has 7 nitrogen and oxygen atoms in total. The largest absolute Gasteiger partial charge is 0.493 e. The number of aryl methyl sites for hydroxylation is 1. The fourth-order valence-corrected chi connectivity index (χ4v) is 3.61. The van der Waals surface area contributed by atoms with Crippen LogP contribution in [0, 0.1) is 5.41 Å². The summed E-state index contributed by atoms with van der Waals surface area (Å²) in [5.41, 5.74) is 4.51. The molecule has 0 fully saturated rings. The van der Waals surface area contributed by atoms with E-state index < -0.39 is 0 Å². The topological polar surface area (TPSA) is 92.6 Å². The fraction of sp³-hybridized carbons (Fsp3) is 0.0476. The number of aromatic hydroxyl groups is 1. The third-order valence-electron chi connectivity index (χ3n) is 4.94. The Kier molecular flexibility index (Phi) is 3.85. The Bertz CT molecular complexity index is 1450. The van der Waals surface area contributed by atoms with E-state index in [0.717, 1.165) is 33.1 Å². The summed E-state index contributed by atoms with van der Waals surface area (Å²) in [6, 6.07) is 15.0. The molecule has 0 atom stereocenters. The van der Waals surface area contributed by atoms with Crippen LogP contribution in [-0.4, -0.2) is 29.2 Å². The summed E-state index contributed by atoms with van der Waals surface area (Å²) in [4.78, 5) is 12.9. The second kappa shape index (κ2) is 6.42. The quantitative estimate of drug-likeness (QED) is 0.469. The molecule has 0 aliphatic rings. The Morgan fingerprint density at radius 2 is 1.76 bits per heavy atom. The molecule has 142 valence electrons. The van der Waals surface area contributed by atoms with E-state index in [0.29, 0.717) is 5.02 Å². The second-order valence-corrected chi connectivity index (χ2v) is 7.10. The van der Waals surface area contributed by atoms with E-state index in [1.54, 1.807) is 22.4 Å². The van der Waals surface area contributed by atoms with Gasteiger partial charge in [-0.15, -0.1) is 0 Å². The van der Waals surface area contributed by atoms with Crippen molar-refractivity contribution in [3.63, 3.8) is 0 Å². The van der Waals surface area contributed by atoms with E-state index in [-0.39, 0.29) is 17.4 Å². The molecule has 2 N–H and O–H groups in total. The summed E-state index contributed by atoms with van der Waals surface area (Å²) in [7, 11) is 1.79. The lowest BCUT2D eigenvalue weighted by atomic mass is 10.0. The van der Waals surface area contributed by atoms with Crippen LogP contribution in [-0.2, 0) is 7.05 Å². The summed E-state index contributed by atoms with van der Waals surface area (Å²) < 4.78 is 3.33. The van der Waals surface area contributed by atoms with Gasteiger partial charge in [0.1, 0.15) is 0 Å². The monoisotopic (exact) mass is 402 g/mol. The van der Waals surface area contributed by atoms with Crippen molar-refractivity contribution >= 4 is 33.5 Å². The molecule has 29 heavy (non-hydrogen) atoms. The van der Waals surface area contributed by atoms with Crippen LogP contribution in [0.25, 0.3) is 39.0 Å². The van der Waals surface area contributed by atoms with Crippen molar-refractivity contribution in [1.29, 1.82) is 5.41 Å². The number of aromatic nitrogens is 5. The summed E-state index contributed by atoms with van der Waals surface area (Å²) in [5.74, 6) is 0.0733. The van der Waals surface area contributed by atoms with Crippen LogP contribution in [0.2, 0.25) is 5.02 Å². The van der Waals surface area contributed by atoms with Crippen molar-refractivity contribution in [1.82, 2.24) is 24.1 Å². The molecule has 5 aromatic rings. The molecule has 0 unspecified atom stereocenters. The summed E-state index contributed by atoms with van der Waals surface area (Å²) in [6.07, 6.45) is 3.20. The molecule has 0 amide bonds. The Labute approximate surface area is 170 Å². The third-order valence-corrected chi connectivity index (χ3v) is 5.19. The number of fused-ring (bicyclic) bond motifs is 3. The van der Waals surface area contributed by atoms with Gasteiger partial charge in [0, 0.05) is 29.7 Å². The van der Waals surface area contributed by atoms with Crippen LogP contribution in [0.4, 0.5) is 0 Å². The van der Waals surface area contributed by atoms with Crippen molar-refractivity contribution in [2.45, 2.75) is 0 Å². The maximum atomic E-state index is 9.82. The summed E-state index contributed by atoms with van der Waals surface area (Å²) in [5, 5.41) is 19.9. The number of hydrogen-bond acceptors (Lipinski definition) is 5. The molecule has 0 bridgehead atoms. The van der Waals surface area contributed by atoms with Crippen LogP contribution in [0.3, 0.4) is 0 Å². The van der Waals surface area contributed by atoms with E-state index in [1.807, 2.05) is 42.5 Å². The Morgan fingerprint density at radius 3 is 2.52 bits per heavy atom. The Hall–Kier alpha value is -3.71. The standard InChI is InChI=1S/C21H15ClN6O/c1-27-17-11-25-16-7-4-13(12-2-5-14(22)6-3-12)10-15(16)19(17)28(20(27)23)21-24-9-8-18(29)26-21/h2-11,23H,1H3,(H,24,26,29). The number of pyridine rings is 1. The van der Waals surface area contributed by atoms with Gasteiger partial charge < -0.3 is 9.67 Å². The van der Waals surface area contributed by atoms with Gasteiger partial charge in [-0.25, -0.2) is 9.55 Å². The number of benzene rings is 2. The van der Waals surface area contributed by atoms with Crippen LogP contribution >= 0.6 is 11.6 Å². The molecule has 2 aromatic carbocycles. The zero-order valence-corrected chi connectivity index (χ0v) is 16.1. The van der Waals surface area contributed by atoms with Crippen LogP contribution in [0.1, 0.15) is 0 Å². The van der Waals surface area contributed by atoms with E-state index in [4.69, 9.17) is 17.0 Å². The van der Waals surface area contributed by atoms with Gasteiger partial charge in [-0.3, -0.25) is 10.4 Å². The van der Waals surface area contributed by atoms with Crippen LogP contribution < -0.4 is 5.62 Å². The Balaban J connectivity index is 1.88. The number of nitrogens with one attached hydrogen (secondary N) is 1. The molecule has 3 heterocycles. The van der Waals surface area contributed by atoms with Crippen LogP contribution in [0.15, 0.2) is 60.9 Å². The molecule has 0 spiro atoms. The molecule has 0 radical (unpaired) electrons. The molecule has 3 aromatic heterocycles. The Morgan fingerprint density at radius 1 is 1.00 bits per heavy atom. The minimum atomic E-state index is -0.154. The van der Waals surface area contributed by atoms with Crippen molar-refractivity contribution < 1.29 is 5.11 Å². The zero-order chi connectivity index (χ0) is 20.1. The van der Waals surface area contributed by atoms with Crippen molar-refractivity contribution in [2.75, 3.05) is 0 Å². The van der Waals surface area contributed by atoms with Crippen molar-refractivity contribution in [3.8, 4) is 23.0 Å². The number of nitrogens with zero attached hydrogens (tertiary/aromatic N) is 5. The van der Waals surface area contributed by atoms with Gasteiger partial charge in [0.2, 0.25) is 17.4 Å². The third kappa shape index (κ3) is 2.75. The predicted molar refractivity (Wildman–Crippen MR) is 111 cm³/mol. The minimum Gasteiger partial charge on any atom is -0.493 e. The predicted octanol–water partition coefficient (Wildman–Crippen LogP) is 3.81. The van der Waals surface area contributed by atoms with E-state index in [9.17, 15) is 5.11 Å². The molecule has 0 aliphatic carbocycles. The number of halogens is 1. The highest BCUT2D eigenvalue weighted by atomic mass is 35.5. The lowest BCUT2D eigenvalue weighted by molar-refractivity contribution is 0.450. The van der Waals surface area contributed by atoms with Gasteiger partial charge in [-0.1, -0.05) is 29.8 Å². The minimum absolute atomic E-state index is 0.154. The zero-order valence-electron chi connectivity index (χ0n) is 15.3. The molecular weight excluding hydrogens is 388 g/mol. The van der Waals surface area contributed by atoms with E-state index in [2.05, 4.69) is 15.0 Å². The number of hydrogen-bond donors (Lipinski definition) is 2. The molecule has 0 aliphatic heterocycles.